The molecule has 24 heavy (non-hydrogen) atoms. The van der Waals surface area contributed by atoms with Crippen LogP contribution >= 0.6 is 11.6 Å². The minimum Gasteiger partial charge on any atom is -0.392 e. The summed E-state index contributed by atoms with van der Waals surface area (Å²) in [7, 11) is 0. The van der Waals surface area contributed by atoms with Gasteiger partial charge in [0.25, 0.3) is 5.69 Å². The molecule has 0 aliphatic rings. The van der Waals surface area contributed by atoms with Crippen LogP contribution in [0.15, 0.2) is 42.5 Å². The Kier molecular flexibility index (Phi) is 5.73. The first kappa shape index (κ1) is 17.7. The average Bonchev–Trinajstić information content (AvgIpc) is 2.56. The number of benzene rings is 2. The zero-order chi connectivity index (χ0) is 17.7. The van der Waals surface area contributed by atoms with E-state index in [1.807, 2.05) is 0 Å². The molecule has 2 aromatic rings. The monoisotopic (exact) mass is 349 g/mol. The van der Waals surface area contributed by atoms with Gasteiger partial charge in [-0.15, -0.1) is 0 Å². The van der Waals surface area contributed by atoms with Crippen molar-refractivity contribution in [2.45, 2.75) is 19.6 Å². The highest BCUT2D eigenvalue weighted by Gasteiger charge is 2.16. The topological polar surface area (TPSA) is 104 Å². The van der Waals surface area contributed by atoms with Crippen LogP contribution in [0.4, 0.5) is 17.1 Å². The van der Waals surface area contributed by atoms with Crippen LogP contribution in [-0.4, -0.2) is 22.0 Å². The van der Waals surface area contributed by atoms with Crippen molar-refractivity contribution in [2.75, 3.05) is 10.6 Å². The number of nitro groups is 1. The van der Waals surface area contributed by atoms with E-state index in [1.54, 1.807) is 31.2 Å². The molecule has 3 N–H and O–H groups in total. The third kappa shape index (κ3) is 4.43. The van der Waals surface area contributed by atoms with Crippen LogP contribution in [-0.2, 0) is 11.4 Å². The van der Waals surface area contributed by atoms with Crippen LogP contribution in [0.3, 0.4) is 0 Å². The van der Waals surface area contributed by atoms with Crippen molar-refractivity contribution in [3.8, 4) is 0 Å². The Bertz CT molecular complexity index is 767. The van der Waals surface area contributed by atoms with Crippen molar-refractivity contribution in [3.05, 3.63) is 63.2 Å². The lowest BCUT2D eigenvalue weighted by atomic mass is 10.2. The molecule has 0 radical (unpaired) electrons. The van der Waals surface area contributed by atoms with E-state index in [0.29, 0.717) is 11.4 Å². The Morgan fingerprint density at radius 1 is 1.33 bits per heavy atom. The lowest BCUT2D eigenvalue weighted by molar-refractivity contribution is -0.384. The Morgan fingerprint density at radius 3 is 2.71 bits per heavy atom. The molecule has 126 valence electrons. The third-order valence-electron chi connectivity index (χ3n) is 3.31. The smallest absolute Gasteiger partial charge is 0.271 e. The second-order valence-electron chi connectivity index (χ2n) is 5.14. The predicted octanol–water partition coefficient (Wildman–Crippen LogP) is 3.18. The van der Waals surface area contributed by atoms with Gasteiger partial charge in [-0.1, -0.05) is 23.7 Å². The highest BCUT2D eigenvalue weighted by molar-refractivity contribution is 6.34. The van der Waals surface area contributed by atoms with E-state index in [2.05, 4.69) is 10.6 Å². The second-order valence-corrected chi connectivity index (χ2v) is 5.54. The van der Waals surface area contributed by atoms with E-state index in [-0.39, 0.29) is 23.2 Å². The van der Waals surface area contributed by atoms with Crippen LogP contribution in [0.25, 0.3) is 0 Å². The predicted molar refractivity (Wildman–Crippen MR) is 92.2 cm³/mol. The Balaban J connectivity index is 2.04. The number of carbonyl (C=O) groups is 1. The van der Waals surface area contributed by atoms with Gasteiger partial charge in [-0.05, 0) is 30.7 Å². The molecule has 1 unspecified atom stereocenters. The molecular weight excluding hydrogens is 334 g/mol. The number of halogens is 1. The number of non-ortho nitro benzene ring substituents is 1. The maximum atomic E-state index is 12.2. The Labute approximate surface area is 143 Å². The van der Waals surface area contributed by atoms with E-state index in [9.17, 15) is 14.9 Å². The summed E-state index contributed by atoms with van der Waals surface area (Å²) in [6.45, 7) is 1.58. The Morgan fingerprint density at radius 2 is 2.08 bits per heavy atom. The minimum atomic E-state index is -0.579. The number of anilines is 2. The van der Waals surface area contributed by atoms with Crippen LogP contribution in [0, 0.1) is 10.1 Å². The maximum Gasteiger partial charge on any atom is 0.271 e. The lowest BCUT2D eigenvalue weighted by Gasteiger charge is -2.16. The zero-order valence-corrected chi connectivity index (χ0v) is 13.6. The molecule has 1 amide bonds. The lowest BCUT2D eigenvalue weighted by Crippen LogP contribution is -2.32. The molecule has 8 heteroatoms. The fourth-order valence-electron chi connectivity index (χ4n) is 2.03. The number of hydrogen-bond acceptors (Lipinski definition) is 5. The van der Waals surface area contributed by atoms with E-state index < -0.39 is 11.0 Å². The number of rotatable bonds is 6. The number of aliphatic hydroxyl groups is 1. The van der Waals surface area contributed by atoms with Crippen molar-refractivity contribution in [1.82, 2.24) is 0 Å². The van der Waals surface area contributed by atoms with E-state index in [0.717, 1.165) is 5.56 Å². The summed E-state index contributed by atoms with van der Waals surface area (Å²) < 4.78 is 0. The van der Waals surface area contributed by atoms with E-state index in [1.165, 1.54) is 18.2 Å². The fourth-order valence-corrected chi connectivity index (χ4v) is 2.26. The largest absolute Gasteiger partial charge is 0.392 e. The molecule has 0 aliphatic heterocycles. The molecule has 0 heterocycles. The van der Waals surface area contributed by atoms with Gasteiger partial charge in [0.2, 0.25) is 5.91 Å². The molecule has 0 spiro atoms. The van der Waals surface area contributed by atoms with Gasteiger partial charge in [0.1, 0.15) is 6.04 Å². The average molecular weight is 350 g/mol. The first-order chi connectivity index (χ1) is 11.4. The molecule has 2 aromatic carbocycles. The summed E-state index contributed by atoms with van der Waals surface area (Å²) in [4.78, 5) is 22.3. The molecule has 0 saturated carbocycles. The standard InChI is InChI=1S/C16H16ClN3O4/c1-10(18-12-4-2-3-11(7-12)9-21)16(22)19-15-6-5-13(20(23)24)8-14(15)17/h2-8,10,18,21H,9H2,1H3,(H,19,22). The molecule has 7 nitrogen and oxygen atoms in total. The van der Waals surface area contributed by atoms with Gasteiger partial charge in [0.05, 0.1) is 22.2 Å². The fraction of sp³-hybridized carbons (Fsp3) is 0.188. The van der Waals surface area contributed by atoms with Crippen LogP contribution in [0.2, 0.25) is 5.02 Å². The van der Waals surface area contributed by atoms with E-state index in [4.69, 9.17) is 16.7 Å². The van der Waals surface area contributed by atoms with Gasteiger partial charge in [-0.3, -0.25) is 14.9 Å². The van der Waals surface area contributed by atoms with Gasteiger partial charge >= 0.3 is 0 Å². The second kappa shape index (κ2) is 7.76. The number of aliphatic hydroxyl groups excluding tert-OH is 1. The van der Waals surface area contributed by atoms with Crippen molar-refractivity contribution < 1.29 is 14.8 Å². The Hall–Kier alpha value is -2.64. The maximum absolute atomic E-state index is 12.2. The number of amides is 1. The first-order valence-electron chi connectivity index (χ1n) is 7.12. The van der Waals surface area contributed by atoms with E-state index >= 15 is 0 Å². The minimum absolute atomic E-state index is 0.0888. The highest BCUT2D eigenvalue weighted by Crippen LogP contribution is 2.26. The van der Waals surface area contributed by atoms with Crippen LogP contribution < -0.4 is 10.6 Å². The molecular formula is C16H16ClN3O4. The number of nitrogens with one attached hydrogen (secondary N) is 2. The molecule has 2 rings (SSSR count). The van der Waals surface area contributed by atoms with Crippen LogP contribution in [0.5, 0.6) is 0 Å². The number of nitro benzene ring substituents is 1. The number of nitrogens with zero attached hydrogens (tertiary/aromatic N) is 1. The molecule has 0 aromatic heterocycles. The van der Waals surface area contributed by atoms with Gasteiger partial charge in [0.15, 0.2) is 0 Å². The van der Waals surface area contributed by atoms with Crippen molar-refractivity contribution in [3.63, 3.8) is 0 Å². The third-order valence-corrected chi connectivity index (χ3v) is 3.62. The SMILES string of the molecule is CC(Nc1cccc(CO)c1)C(=O)Nc1ccc([N+](=O)[O-])cc1Cl. The summed E-state index contributed by atoms with van der Waals surface area (Å²) in [5, 5.41) is 25.5. The molecule has 1 atom stereocenters. The van der Waals surface area contributed by atoms with Crippen LogP contribution in [0.1, 0.15) is 12.5 Å². The number of carbonyl (C=O) groups excluding carboxylic acids is 1. The summed E-state index contributed by atoms with van der Waals surface area (Å²) in [5.41, 5.74) is 1.57. The number of hydrogen-bond donors (Lipinski definition) is 3. The van der Waals surface area contributed by atoms with Crippen molar-refractivity contribution in [1.29, 1.82) is 0 Å². The van der Waals surface area contributed by atoms with Crippen molar-refractivity contribution in [2.24, 2.45) is 0 Å². The summed E-state index contributed by atoms with van der Waals surface area (Å²) >= 11 is 5.95. The van der Waals surface area contributed by atoms with Gasteiger partial charge < -0.3 is 15.7 Å². The highest BCUT2D eigenvalue weighted by atomic mass is 35.5. The normalized spacial score (nSPS) is 11.6. The summed E-state index contributed by atoms with van der Waals surface area (Å²) in [6.07, 6.45) is 0. The molecule has 0 saturated heterocycles. The summed E-state index contributed by atoms with van der Waals surface area (Å²) in [6, 6.07) is 10.3. The van der Waals surface area contributed by atoms with Gasteiger partial charge in [-0.25, -0.2) is 0 Å². The molecule has 0 fully saturated rings. The van der Waals surface area contributed by atoms with Gasteiger partial charge in [0, 0.05) is 17.8 Å². The summed E-state index contributed by atoms with van der Waals surface area (Å²) in [5.74, 6) is -0.347. The molecule has 0 bridgehead atoms. The zero-order valence-electron chi connectivity index (χ0n) is 12.8. The van der Waals surface area contributed by atoms with Crippen molar-refractivity contribution >= 4 is 34.6 Å². The van der Waals surface area contributed by atoms with Gasteiger partial charge in [-0.2, -0.15) is 0 Å². The first-order valence-corrected chi connectivity index (χ1v) is 7.49. The molecule has 0 aliphatic carbocycles. The quantitative estimate of drug-likeness (QED) is 0.548.